The van der Waals surface area contributed by atoms with Crippen LogP contribution in [0.25, 0.3) is 10.9 Å². The lowest BCUT2D eigenvalue weighted by atomic mass is 10.1. The van der Waals surface area contributed by atoms with E-state index in [0.717, 1.165) is 12.0 Å². The van der Waals surface area contributed by atoms with Gasteiger partial charge in [0, 0.05) is 17.1 Å². The third-order valence-corrected chi connectivity index (χ3v) is 3.73. The first-order valence-electron chi connectivity index (χ1n) is 7.49. The van der Waals surface area contributed by atoms with E-state index in [1.54, 1.807) is 19.1 Å². The topological polar surface area (TPSA) is 62.3 Å². The van der Waals surface area contributed by atoms with Crippen molar-refractivity contribution in [3.8, 4) is 5.75 Å². The van der Waals surface area contributed by atoms with Crippen molar-refractivity contribution in [1.29, 1.82) is 0 Å². The van der Waals surface area contributed by atoms with Crippen LogP contribution in [0.4, 0.5) is 0 Å². The normalized spacial score (nSPS) is 10.0. The van der Waals surface area contributed by atoms with Crippen molar-refractivity contribution < 1.29 is 14.6 Å². The molecule has 0 saturated carbocycles. The zero-order valence-corrected chi connectivity index (χ0v) is 13.6. The molecule has 3 rings (SSSR count). The molecular formula is C19H21NO3. The number of aromatic nitrogens is 1. The molecule has 2 aromatic carbocycles. The second kappa shape index (κ2) is 7.49. The van der Waals surface area contributed by atoms with Crippen molar-refractivity contribution in [3.63, 3.8) is 0 Å². The van der Waals surface area contributed by atoms with E-state index in [2.05, 4.69) is 42.4 Å². The summed E-state index contributed by atoms with van der Waals surface area (Å²) in [4.78, 5) is 13.9. The number of hydrogen-bond donors (Lipinski definition) is 2. The summed E-state index contributed by atoms with van der Waals surface area (Å²) in [6.45, 7) is 3.93. The number of benzene rings is 2. The predicted molar refractivity (Wildman–Crippen MR) is 92.4 cm³/mol. The Morgan fingerprint density at radius 3 is 2.61 bits per heavy atom. The fourth-order valence-electron chi connectivity index (χ4n) is 2.38. The number of aromatic amines is 1. The van der Waals surface area contributed by atoms with Gasteiger partial charge >= 0.3 is 5.97 Å². The minimum Gasteiger partial charge on any atom is -0.497 e. The van der Waals surface area contributed by atoms with Gasteiger partial charge in [0.1, 0.15) is 5.75 Å². The summed E-state index contributed by atoms with van der Waals surface area (Å²) in [5.41, 5.74) is 3.67. The van der Waals surface area contributed by atoms with E-state index >= 15 is 0 Å². The lowest BCUT2D eigenvalue weighted by molar-refractivity contribution is 0.0695. The molecule has 23 heavy (non-hydrogen) atoms. The van der Waals surface area contributed by atoms with Gasteiger partial charge in [0.15, 0.2) is 0 Å². The van der Waals surface area contributed by atoms with Gasteiger partial charge in [-0.1, -0.05) is 31.2 Å². The number of hydrogen-bond acceptors (Lipinski definition) is 2. The highest BCUT2D eigenvalue weighted by Crippen LogP contribution is 2.17. The van der Waals surface area contributed by atoms with Crippen LogP contribution in [0.15, 0.2) is 48.7 Å². The van der Waals surface area contributed by atoms with Crippen molar-refractivity contribution in [2.75, 3.05) is 7.11 Å². The number of methoxy groups -OCH3 is 1. The summed E-state index contributed by atoms with van der Waals surface area (Å²) in [7, 11) is 1.51. The average Bonchev–Trinajstić information content (AvgIpc) is 2.99. The van der Waals surface area contributed by atoms with E-state index in [9.17, 15) is 4.79 Å². The summed E-state index contributed by atoms with van der Waals surface area (Å²) in [5.74, 6) is -0.357. The molecular weight excluding hydrogens is 290 g/mol. The smallest absolute Gasteiger partial charge is 0.336 e. The molecule has 0 unspecified atom stereocenters. The molecule has 0 bridgehead atoms. The Bertz CT molecular complexity index is 805. The number of carboxylic acid groups (broad SMARTS) is 1. The highest BCUT2D eigenvalue weighted by atomic mass is 16.5. The SMILES string of the molecule is CCc1c[nH]c2ccccc12.COc1ccc(C)c(C(=O)O)c1. The molecule has 0 spiro atoms. The van der Waals surface area contributed by atoms with Crippen LogP contribution in [0.5, 0.6) is 5.75 Å². The number of fused-ring (bicyclic) bond motifs is 1. The Labute approximate surface area is 135 Å². The molecule has 1 aromatic heterocycles. The first kappa shape index (κ1) is 16.6. The number of aromatic carboxylic acids is 1. The number of aryl methyl sites for hydroxylation is 2. The van der Waals surface area contributed by atoms with E-state index in [0.29, 0.717) is 5.75 Å². The highest BCUT2D eigenvalue weighted by molar-refractivity contribution is 5.89. The molecule has 0 aliphatic heterocycles. The largest absolute Gasteiger partial charge is 0.497 e. The number of ether oxygens (including phenoxy) is 1. The average molecular weight is 311 g/mol. The fraction of sp³-hybridized carbons (Fsp3) is 0.211. The standard InChI is InChI=1S/C10H11N.C9H10O3/c1-2-8-7-11-10-6-4-3-5-9(8)10;1-6-3-4-7(12-2)5-8(6)9(10)11/h3-7,11H,2H2,1H3;3-5H,1-2H3,(H,10,11). The van der Waals surface area contributed by atoms with Crippen molar-refractivity contribution >= 4 is 16.9 Å². The number of carbonyl (C=O) groups is 1. The van der Waals surface area contributed by atoms with Crippen LogP contribution >= 0.6 is 0 Å². The summed E-state index contributed by atoms with van der Waals surface area (Å²) >= 11 is 0. The van der Waals surface area contributed by atoms with Gasteiger partial charge in [0.05, 0.1) is 12.7 Å². The van der Waals surface area contributed by atoms with E-state index in [-0.39, 0.29) is 5.56 Å². The van der Waals surface area contributed by atoms with Gasteiger partial charge in [-0.25, -0.2) is 4.79 Å². The monoisotopic (exact) mass is 311 g/mol. The minimum atomic E-state index is -0.925. The highest BCUT2D eigenvalue weighted by Gasteiger charge is 2.07. The molecule has 2 N–H and O–H groups in total. The van der Waals surface area contributed by atoms with Crippen LogP contribution in [-0.4, -0.2) is 23.2 Å². The molecule has 0 saturated heterocycles. The zero-order chi connectivity index (χ0) is 16.8. The molecule has 0 amide bonds. The molecule has 4 nitrogen and oxygen atoms in total. The molecule has 4 heteroatoms. The lowest BCUT2D eigenvalue weighted by Gasteiger charge is -2.03. The number of nitrogens with one attached hydrogen (secondary N) is 1. The van der Waals surface area contributed by atoms with Gasteiger partial charge in [0.2, 0.25) is 0 Å². The maximum Gasteiger partial charge on any atom is 0.336 e. The number of para-hydroxylation sites is 1. The van der Waals surface area contributed by atoms with Gasteiger partial charge in [-0.15, -0.1) is 0 Å². The van der Waals surface area contributed by atoms with Crippen molar-refractivity contribution in [2.24, 2.45) is 0 Å². The van der Waals surface area contributed by atoms with Gasteiger partial charge in [-0.3, -0.25) is 0 Å². The lowest BCUT2D eigenvalue weighted by Crippen LogP contribution is -1.99. The molecule has 0 radical (unpaired) electrons. The Kier molecular flexibility index (Phi) is 5.41. The van der Waals surface area contributed by atoms with Crippen molar-refractivity contribution in [2.45, 2.75) is 20.3 Å². The third-order valence-electron chi connectivity index (χ3n) is 3.73. The van der Waals surface area contributed by atoms with E-state index < -0.39 is 5.97 Å². The first-order chi connectivity index (χ1) is 11.1. The van der Waals surface area contributed by atoms with E-state index in [1.165, 1.54) is 29.6 Å². The van der Waals surface area contributed by atoms with Gasteiger partial charge in [-0.2, -0.15) is 0 Å². The summed E-state index contributed by atoms with van der Waals surface area (Å²) in [6, 6.07) is 13.4. The van der Waals surface area contributed by atoms with Crippen LogP contribution in [-0.2, 0) is 6.42 Å². The summed E-state index contributed by atoms with van der Waals surface area (Å²) in [6.07, 6.45) is 3.19. The van der Waals surface area contributed by atoms with Gasteiger partial charge in [0.25, 0.3) is 0 Å². The second-order valence-electron chi connectivity index (χ2n) is 5.20. The molecule has 0 atom stereocenters. The van der Waals surface area contributed by atoms with Crippen LogP contribution in [0, 0.1) is 6.92 Å². The van der Waals surface area contributed by atoms with Crippen LogP contribution < -0.4 is 4.74 Å². The Balaban J connectivity index is 0.000000167. The van der Waals surface area contributed by atoms with E-state index in [4.69, 9.17) is 9.84 Å². The Morgan fingerprint density at radius 1 is 1.22 bits per heavy atom. The maximum absolute atomic E-state index is 10.6. The quantitative estimate of drug-likeness (QED) is 0.752. The maximum atomic E-state index is 10.6. The molecule has 0 aliphatic rings. The Hall–Kier alpha value is -2.75. The summed E-state index contributed by atoms with van der Waals surface area (Å²) in [5, 5.41) is 10.1. The predicted octanol–water partition coefficient (Wildman–Crippen LogP) is 4.43. The number of rotatable bonds is 3. The molecule has 3 aromatic rings. The molecule has 120 valence electrons. The summed E-state index contributed by atoms with van der Waals surface area (Å²) < 4.78 is 4.90. The van der Waals surface area contributed by atoms with Crippen LogP contribution in [0.1, 0.15) is 28.4 Å². The minimum absolute atomic E-state index is 0.286. The molecule has 1 heterocycles. The van der Waals surface area contributed by atoms with Crippen LogP contribution in [0.3, 0.4) is 0 Å². The first-order valence-corrected chi connectivity index (χ1v) is 7.49. The molecule has 0 aliphatic carbocycles. The zero-order valence-electron chi connectivity index (χ0n) is 13.6. The third kappa shape index (κ3) is 3.92. The Morgan fingerprint density at radius 2 is 1.96 bits per heavy atom. The molecule has 0 fully saturated rings. The van der Waals surface area contributed by atoms with Crippen LogP contribution in [0.2, 0.25) is 0 Å². The van der Waals surface area contributed by atoms with E-state index in [1.807, 2.05) is 0 Å². The second-order valence-corrected chi connectivity index (χ2v) is 5.20. The number of carboxylic acids is 1. The fourth-order valence-corrected chi connectivity index (χ4v) is 2.38. The van der Waals surface area contributed by atoms with Crippen molar-refractivity contribution in [1.82, 2.24) is 4.98 Å². The van der Waals surface area contributed by atoms with Gasteiger partial charge in [-0.05, 0) is 42.7 Å². The van der Waals surface area contributed by atoms with Gasteiger partial charge < -0.3 is 14.8 Å². The van der Waals surface area contributed by atoms with Crippen molar-refractivity contribution in [3.05, 3.63) is 65.4 Å². The number of H-pyrrole nitrogens is 1.